The first kappa shape index (κ1) is 16.6. The zero-order valence-corrected chi connectivity index (χ0v) is 14.5. The Morgan fingerprint density at radius 1 is 1.18 bits per heavy atom. The first-order valence-electron chi connectivity index (χ1n) is 7.81. The maximum absolute atomic E-state index is 12.3. The van der Waals surface area contributed by atoms with Crippen LogP contribution in [0.1, 0.15) is 42.9 Å². The monoisotopic (exact) mass is 316 g/mol. The zero-order chi connectivity index (χ0) is 16.1. The van der Waals surface area contributed by atoms with E-state index in [1.54, 1.807) is 0 Å². The third-order valence-corrected chi connectivity index (χ3v) is 4.71. The van der Waals surface area contributed by atoms with E-state index in [-0.39, 0.29) is 5.91 Å². The van der Waals surface area contributed by atoms with Crippen LogP contribution in [0.25, 0.3) is 0 Å². The highest BCUT2D eigenvalue weighted by atomic mass is 32.1. The Balaban J connectivity index is 2.10. The molecule has 1 N–H and O–H groups in total. The molecule has 0 aliphatic rings. The van der Waals surface area contributed by atoms with Gasteiger partial charge in [0.1, 0.15) is 0 Å². The van der Waals surface area contributed by atoms with Crippen molar-refractivity contribution in [2.24, 2.45) is 0 Å². The van der Waals surface area contributed by atoms with Crippen LogP contribution in [0.3, 0.4) is 0 Å². The van der Waals surface area contributed by atoms with Gasteiger partial charge in [0, 0.05) is 24.0 Å². The average molecular weight is 316 g/mol. The van der Waals surface area contributed by atoms with Crippen LogP contribution in [0.4, 0.5) is 11.4 Å². The molecule has 0 saturated carbocycles. The summed E-state index contributed by atoms with van der Waals surface area (Å²) in [7, 11) is 0. The molecule has 0 fully saturated rings. The van der Waals surface area contributed by atoms with Crippen LogP contribution in [-0.2, 0) is 6.42 Å². The third-order valence-electron chi connectivity index (χ3n) is 3.75. The first-order chi connectivity index (χ1) is 10.6. The highest BCUT2D eigenvalue weighted by Crippen LogP contribution is 2.22. The SMILES string of the molecule is CCc1ccsc1C(=O)Nc1ccc(N(CC)C(C)C)cc1. The van der Waals surface area contributed by atoms with E-state index in [0.717, 1.165) is 29.1 Å². The number of benzene rings is 1. The second kappa shape index (κ2) is 7.45. The number of nitrogens with one attached hydrogen (secondary N) is 1. The van der Waals surface area contributed by atoms with Crippen LogP contribution in [0.2, 0.25) is 0 Å². The molecule has 0 bridgehead atoms. The Bertz CT molecular complexity index is 616. The molecule has 1 amide bonds. The van der Waals surface area contributed by atoms with Crippen LogP contribution in [0, 0.1) is 0 Å². The second-order valence-electron chi connectivity index (χ2n) is 5.51. The maximum Gasteiger partial charge on any atom is 0.266 e. The van der Waals surface area contributed by atoms with Gasteiger partial charge in [-0.2, -0.15) is 0 Å². The van der Waals surface area contributed by atoms with Crippen molar-refractivity contribution in [3.05, 3.63) is 46.2 Å². The van der Waals surface area contributed by atoms with Crippen LogP contribution < -0.4 is 10.2 Å². The van der Waals surface area contributed by atoms with Crippen molar-refractivity contribution in [1.29, 1.82) is 0 Å². The van der Waals surface area contributed by atoms with Crippen molar-refractivity contribution < 1.29 is 4.79 Å². The van der Waals surface area contributed by atoms with Crippen molar-refractivity contribution in [3.63, 3.8) is 0 Å². The molecule has 0 aliphatic heterocycles. The molecule has 118 valence electrons. The van der Waals surface area contributed by atoms with E-state index in [9.17, 15) is 4.79 Å². The van der Waals surface area contributed by atoms with E-state index in [4.69, 9.17) is 0 Å². The van der Waals surface area contributed by atoms with E-state index in [0.29, 0.717) is 6.04 Å². The van der Waals surface area contributed by atoms with Gasteiger partial charge in [-0.15, -0.1) is 11.3 Å². The lowest BCUT2D eigenvalue weighted by atomic mass is 10.2. The lowest BCUT2D eigenvalue weighted by Gasteiger charge is -2.27. The average Bonchev–Trinajstić information content (AvgIpc) is 2.98. The van der Waals surface area contributed by atoms with Crippen molar-refractivity contribution in [2.45, 2.75) is 40.2 Å². The third kappa shape index (κ3) is 3.69. The van der Waals surface area contributed by atoms with Gasteiger partial charge in [0.15, 0.2) is 0 Å². The van der Waals surface area contributed by atoms with E-state index < -0.39 is 0 Å². The number of carbonyl (C=O) groups excluding carboxylic acids is 1. The summed E-state index contributed by atoms with van der Waals surface area (Å²) in [6, 6.07) is 10.5. The van der Waals surface area contributed by atoms with E-state index in [1.165, 1.54) is 17.0 Å². The fourth-order valence-corrected chi connectivity index (χ4v) is 3.47. The van der Waals surface area contributed by atoms with Gasteiger partial charge in [0.05, 0.1) is 4.88 Å². The van der Waals surface area contributed by atoms with Gasteiger partial charge in [-0.3, -0.25) is 4.79 Å². The maximum atomic E-state index is 12.3. The number of nitrogens with zero attached hydrogens (tertiary/aromatic N) is 1. The summed E-state index contributed by atoms with van der Waals surface area (Å²) in [6.45, 7) is 9.56. The van der Waals surface area contributed by atoms with Crippen molar-refractivity contribution in [3.8, 4) is 0 Å². The number of rotatable bonds is 6. The Hall–Kier alpha value is -1.81. The van der Waals surface area contributed by atoms with E-state index in [2.05, 4.69) is 50.0 Å². The molecule has 1 heterocycles. The summed E-state index contributed by atoms with van der Waals surface area (Å²) >= 11 is 1.50. The van der Waals surface area contributed by atoms with Crippen molar-refractivity contribution in [1.82, 2.24) is 0 Å². The summed E-state index contributed by atoms with van der Waals surface area (Å²) in [4.78, 5) is 15.5. The molecule has 1 aromatic carbocycles. The minimum Gasteiger partial charge on any atom is -0.369 e. The fraction of sp³-hybridized carbons (Fsp3) is 0.389. The molecule has 0 atom stereocenters. The number of aryl methyl sites for hydroxylation is 1. The second-order valence-corrected chi connectivity index (χ2v) is 6.43. The zero-order valence-electron chi connectivity index (χ0n) is 13.7. The molecular formula is C18H24N2OS. The lowest BCUT2D eigenvalue weighted by Crippen LogP contribution is -2.30. The number of thiophene rings is 1. The molecule has 4 heteroatoms. The smallest absolute Gasteiger partial charge is 0.266 e. The molecular weight excluding hydrogens is 292 g/mol. The standard InChI is InChI=1S/C18H24N2OS/c1-5-14-11-12-22-17(14)18(21)19-15-7-9-16(10-8-15)20(6-2)13(3)4/h7-13H,5-6H2,1-4H3,(H,19,21). The van der Waals surface area contributed by atoms with Gasteiger partial charge in [0.25, 0.3) is 5.91 Å². The topological polar surface area (TPSA) is 32.3 Å². The normalized spacial score (nSPS) is 10.8. The van der Waals surface area contributed by atoms with Gasteiger partial charge in [-0.25, -0.2) is 0 Å². The number of amides is 1. The molecule has 0 saturated heterocycles. The minimum absolute atomic E-state index is 0.0178. The summed E-state index contributed by atoms with van der Waals surface area (Å²) in [5.41, 5.74) is 3.13. The first-order valence-corrected chi connectivity index (χ1v) is 8.69. The fourth-order valence-electron chi connectivity index (χ4n) is 2.58. The molecule has 0 radical (unpaired) electrons. The van der Waals surface area contributed by atoms with Crippen molar-refractivity contribution in [2.75, 3.05) is 16.8 Å². The quantitative estimate of drug-likeness (QED) is 0.830. The summed E-state index contributed by atoms with van der Waals surface area (Å²) in [6.07, 6.45) is 0.880. The lowest BCUT2D eigenvalue weighted by molar-refractivity contribution is 0.103. The Morgan fingerprint density at radius 2 is 1.86 bits per heavy atom. The minimum atomic E-state index is -0.0178. The van der Waals surface area contributed by atoms with E-state index in [1.807, 2.05) is 23.6 Å². The Labute approximate surface area is 137 Å². The Kier molecular flexibility index (Phi) is 5.61. The van der Waals surface area contributed by atoms with Gasteiger partial charge >= 0.3 is 0 Å². The highest BCUT2D eigenvalue weighted by molar-refractivity contribution is 7.12. The molecule has 22 heavy (non-hydrogen) atoms. The molecule has 0 unspecified atom stereocenters. The predicted octanol–water partition coefficient (Wildman–Crippen LogP) is 4.80. The molecule has 2 aromatic rings. The molecule has 1 aromatic heterocycles. The number of anilines is 2. The summed E-state index contributed by atoms with van der Waals surface area (Å²) in [5.74, 6) is -0.0178. The van der Waals surface area contributed by atoms with Gasteiger partial charge in [-0.05, 0) is 68.5 Å². The van der Waals surface area contributed by atoms with Crippen LogP contribution in [0.5, 0.6) is 0 Å². The molecule has 0 aliphatic carbocycles. The van der Waals surface area contributed by atoms with Crippen molar-refractivity contribution >= 4 is 28.6 Å². The molecule has 0 spiro atoms. The molecule has 3 nitrogen and oxygen atoms in total. The van der Waals surface area contributed by atoms with Gasteiger partial charge < -0.3 is 10.2 Å². The Morgan fingerprint density at radius 3 is 2.41 bits per heavy atom. The number of hydrogen-bond acceptors (Lipinski definition) is 3. The van der Waals surface area contributed by atoms with Crippen LogP contribution in [0.15, 0.2) is 35.7 Å². The van der Waals surface area contributed by atoms with Gasteiger partial charge in [-0.1, -0.05) is 6.92 Å². The predicted molar refractivity (Wildman–Crippen MR) is 96.2 cm³/mol. The largest absolute Gasteiger partial charge is 0.369 e. The van der Waals surface area contributed by atoms with Gasteiger partial charge in [0.2, 0.25) is 0 Å². The number of carbonyl (C=O) groups is 1. The van der Waals surface area contributed by atoms with E-state index >= 15 is 0 Å². The number of hydrogen-bond donors (Lipinski definition) is 1. The highest BCUT2D eigenvalue weighted by Gasteiger charge is 2.13. The van der Waals surface area contributed by atoms with Crippen LogP contribution >= 0.6 is 11.3 Å². The molecule has 2 rings (SSSR count). The summed E-state index contributed by atoms with van der Waals surface area (Å²) < 4.78 is 0. The van der Waals surface area contributed by atoms with Crippen LogP contribution in [-0.4, -0.2) is 18.5 Å². The summed E-state index contributed by atoms with van der Waals surface area (Å²) in [5, 5.41) is 4.96.